The van der Waals surface area contributed by atoms with Crippen LogP contribution in [0.4, 0.5) is 0 Å². The molecule has 1 rings (SSSR count). The van der Waals surface area contributed by atoms with Crippen LogP contribution in [0.3, 0.4) is 0 Å². The zero-order chi connectivity index (χ0) is 9.14. The first-order chi connectivity index (χ1) is 5.69. The van der Waals surface area contributed by atoms with Crippen LogP contribution < -0.4 is 0 Å². The van der Waals surface area contributed by atoms with E-state index in [0.29, 0.717) is 11.1 Å². The average molecular weight is 205 g/mol. The fraction of sp³-hybridized carbons (Fsp3) is 0.250. The largest absolute Gasteiger partial charge is 0.290 e. The SMILES string of the molecule is O=C1C=C(CCl)C(=O)C(CCl)=C1. The summed E-state index contributed by atoms with van der Waals surface area (Å²) in [6.45, 7) is 0. The average Bonchev–Trinajstić information content (AvgIpc) is 2.08. The van der Waals surface area contributed by atoms with E-state index in [1.54, 1.807) is 0 Å². The van der Waals surface area contributed by atoms with E-state index in [1.165, 1.54) is 12.2 Å². The molecule has 0 aliphatic heterocycles. The molecular formula is C8H6Cl2O2. The van der Waals surface area contributed by atoms with E-state index >= 15 is 0 Å². The molecule has 4 heteroatoms. The predicted molar refractivity (Wildman–Crippen MR) is 47.6 cm³/mol. The maximum absolute atomic E-state index is 11.3. The number of carbonyl (C=O) groups excluding carboxylic acids is 2. The lowest BCUT2D eigenvalue weighted by Crippen LogP contribution is -2.16. The zero-order valence-electron chi connectivity index (χ0n) is 6.14. The second kappa shape index (κ2) is 3.87. The van der Waals surface area contributed by atoms with E-state index < -0.39 is 0 Å². The lowest BCUT2D eigenvalue weighted by atomic mass is 9.98. The van der Waals surface area contributed by atoms with E-state index in [4.69, 9.17) is 23.2 Å². The minimum Gasteiger partial charge on any atom is -0.290 e. The molecule has 0 radical (unpaired) electrons. The molecule has 0 bridgehead atoms. The Balaban J connectivity index is 2.98. The highest BCUT2D eigenvalue weighted by molar-refractivity contribution is 6.32. The predicted octanol–water partition coefficient (Wildman–Crippen LogP) is 1.47. The van der Waals surface area contributed by atoms with Gasteiger partial charge in [0.25, 0.3) is 0 Å². The topological polar surface area (TPSA) is 34.1 Å². The molecule has 64 valence electrons. The summed E-state index contributed by atoms with van der Waals surface area (Å²) in [6.07, 6.45) is 2.48. The van der Waals surface area contributed by atoms with Crippen molar-refractivity contribution in [3.63, 3.8) is 0 Å². The summed E-state index contributed by atoms with van der Waals surface area (Å²) in [5.74, 6) is -0.335. The van der Waals surface area contributed by atoms with Crippen LogP contribution in [0.25, 0.3) is 0 Å². The van der Waals surface area contributed by atoms with E-state index in [1.807, 2.05) is 0 Å². The van der Waals surface area contributed by atoms with Crippen LogP contribution in [0, 0.1) is 0 Å². The minimum atomic E-state index is -0.223. The van der Waals surface area contributed by atoms with Crippen molar-refractivity contribution in [2.45, 2.75) is 0 Å². The van der Waals surface area contributed by atoms with Gasteiger partial charge in [0.2, 0.25) is 0 Å². The molecule has 0 spiro atoms. The van der Waals surface area contributed by atoms with Crippen molar-refractivity contribution < 1.29 is 9.59 Å². The van der Waals surface area contributed by atoms with Crippen LogP contribution in [0.2, 0.25) is 0 Å². The summed E-state index contributed by atoms with van der Waals surface area (Å²) < 4.78 is 0. The molecule has 0 aromatic carbocycles. The highest BCUT2D eigenvalue weighted by Gasteiger charge is 2.19. The number of halogens is 2. The van der Waals surface area contributed by atoms with Crippen molar-refractivity contribution in [1.29, 1.82) is 0 Å². The number of rotatable bonds is 2. The van der Waals surface area contributed by atoms with Gasteiger partial charge in [-0.05, 0) is 12.2 Å². The molecule has 0 N–H and O–H groups in total. The molecule has 0 unspecified atom stereocenters. The Morgan fingerprint density at radius 3 is 1.75 bits per heavy atom. The van der Waals surface area contributed by atoms with Crippen LogP contribution in [0.15, 0.2) is 23.3 Å². The Morgan fingerprint density at radius 2 is 1.42 bits per heavy atom. The van der Waals surface area contributed by atoms with E-state index in [9.17, 15) is 9.59 Å². The quantitative estimate of drug-likeness (QED) is 0.505. The molecule has 0 fully saturated rings. The fourth-order valence-corrected chi connectivity index (χ4v) is 1.32. The summed E-state index contributed by atoms with van der Waals surface area (Å²) in [5, 5.41) is 0. The number of allylic oxidation sites excluding steroid dienone is 4. The van der Waals surface area contributed by atoms with E-state index in [-0.39, 0.29) is 23.3 Å². The van der Waals surface area contributed by atoms with Gasteiger partial charge in [0, 0.05) is 11.1 Å². The number of carbonyl (C=O) groups is 2. The number of alkyl halides is 2. The second-order valence-electron chi connectivity index (χ2n) is 2.34. The minimum absolute atomic E-state index is 0.0544. The molecule has 0 saturated heterocycles. The van der Waals surface area contributed by atoms with Gasteiger partial charge >= 0.3 is 0 Å². The van der Waals surface area contributed by atoms with Crippen molar-refractivity contribution in [3.8, 4) is 0 Å². The number of hydrogen-bond acceptors (Lipinski definition) is 2. The Bertz CT molecular complexity index is 263. The first-order valence-electron chi connectivity index (χ1n) is 3.30. The Kier molecular flexibility index (Phi) is 3.06. The third-order valence-electron chi connectivity index (χ3n) is 1.50. The van der Waals surface area contributed by atoms with Crippen molar-refractivity contribution in [2.24, 2.45) is 0 Å². The summed E-state index contributed by atoms with van der Waals surface area (Å²) >= 11 is 10.9. The summed E-state index contributed by atoms with van der Waals surface area (Å²) in [7, 11) is 0. The number of ketones is 2. The third-order valence-corrected chi connectivity index (χ3v) is 2.08. The van der Waals surface area contributed by atoms with Gasteiger partial charge in [-0.15, -0.1) is 23.2 Å². The normalized spacial score (nSPS) is 17.5. The molecule has 0 heterocycles. The molecule has 0 aromatic heterocycles. The highest BCUT2D eigenvalue weighted by Crippen LogP contribution is 2.14. The van der Waals surface area contributed by atoms with Gasteiger partial charge in [0.15, 0.2) is 11.6 Å². The monoisotopic (exact) mass is 204 g/mol. The molecule has 1 aliphatic rings. The van der Waals surface area contributed by atoms with Gasteiger partial charge in [-0.25, -0.2) is 0 Å². The Labute approximate surface area is 79.8 Å². The molecule has 0 saturated carbocycles. The van der Waals surface area contributed by atoms with Crippen LogP contribution in [-0.2, 0) is 9.59 Å². The highest BCUT2D eigenvalue weighted by atomic mass is 35.5. The summed E-state index contributed by atoms with van der Waals surface area (Å²) in [6, 6.07) is 0. The van der Waals surface area contributed by atoms with Crippen LogP contribution in [0.5, 0.6) is 0 Å². The van der Waals surface area contributed by atoms with Gasteiger partial charge in [-0.2, -0.15) is 0 Å². The second-order valence-corrected chi connectivity index (χ2v) is 2.87. The Morgan fingerprint density at radius 1 is 1.00 bits per heavy atom. The lowest BCUT2D eigenvalue weighted by Gasteiger charge is -2.08. The molecule has 2 nitrogen and oxygen atoms in total. The molecule has 0 atom stereocenters. The fourth-order valence-electron chi connectivity index (χ4n) is 0.921. The smallest absolute Gasteiger partial charge is 0.187 e. The van der Waals surface area contributed by atoms with Crippen molar-refractivity contribution >= 4 is 34.8 Å². The van der Waals surface area contributed by atoms with E-state index in [0.717, 1.165) is 0 Å². The Hall–Kier alpha value is -0.600. The van der Waals surface area contributed by atoms with Crippen LogP contribution >= 0.6 is 23.2 Å². The molecular weight excluding hydrogens is 199 g/mol. The summed E-state index contributed by atoms with van der Waals surface area (Å²) in [5.41, 5.74) is 0.639. The molecule has 0 amide bonds. The van der Waals surface area contributed by atoms with Gasteiger partial charge in [-0.3, -0.25) is 9.59 Å². The lowest BCUT2D eigenvalue weighted by molar-refractivity contribution is -0.115. The first-order valence-corrected chi connectivity index (χ1v) is 4.37. The summed E-state index contributed by atoms with van der Waals surface area (Å²) in [4.78, 5) is 22.2. The number of hydrogen-bond donors (Lipinski definition) is 0. The maximum atomic E-state index is 11.3. The molecule has 12 heavy (non-hydrogen) atoms. The zero-order valence-corrected chi connectivity index (χ0v) is 7.65. The van der Waals surface area contributed by atoms with E-state index in [2.05, 4.69) is 0 Å². The van der Waals surface area contributed by atoms with Crippen LogP contribution in [-0.4, -0.2) is 23.3 Å². The van der Waals surface area contributed by atoms with Gasteiger partial charge in [-0.1, -0.05) is 0 Å². The van der Waals surface area contributed by atoms with Gasteiger partial charge < -0.3 is 0 Å². The van der Waals surface area contributed by atoms with Crippen molar-refractivity contribution in [2.75, 3.05) is 11.8 Å². The van der Waals surface area contributed by atoms with Gasteiger partial charge in [0.1, 0.15) is 0 Å². The number of Topliss-reactive ketones (excluding diaryl/α,β-unsaturated/α-hetero) is 1. The standard InChI is InChI=1S/C8H6Cl2O2/c9-3-5-1-7(11)2-6(4-10)8(5)12/h1-2H,3-4H2. The van der Waals surface area contributed by atoms with Crippen LogP contribution in [0.1, 0.15) is 0 Å². The van der Waals surface area contributed by atoms with Gasteiger partial charge in [0.05, 0.1) is 11.8 Å². The molecule has 0 aromatic rings. The van der Waals surface area contributed by atoms with Crippen molar-refractivity contribution in [3.05, 3.63) is 23.3 Å². The van der Waals surface area contributed by atoms with Crippen molar-refractivity contribution in [1.82, 2.24) is 0 Å². The molecule has 1 aliphatic carbocycles. The third kappa shape index (κ3) is 1.76. The maximum Gasteiger partial charge on any atom is 0.187 e. The first kappa shape index (κ1) is 9.49.